The zero-order chi connectivity index (χ0) is 14.5. The topological polar surface area (TPSA) is 29.3 Å². The van der Waals surface area contributed by atoms with Gasteiger partial charge in [-0.05, 0) is 42.3 Å². The molecule has 0 bridgehead atoms. The van der Waals surface area contributed by atoms with Gasteiger partial charge in [-0.1, -0.05) is 51.5 Å². The average molecular weight is 274 g/mol. The van der Waals surface area contributed by atoms with Crippen molar-refractivity contribution in [1.82, 2.24) is 4.90 Å². The van der Waals surface area contributed by atoms with E-state index in [2.05, 4.69) is 49.9 Å². The molecule has 0 aliphatic heterocycles. The lowest BCUT2D eigenvalue weighted by molar-refractivity contribution is 0.181. The third-order valence-corrected chi connectivity index (χ3v) is 4.69. The maximum Gasteiger partial charge on any atom is 0.0473 e. The Morgan fingerprint density at radius 1 is 1.25 bits per heavy atom. The predicted molar refractivity (Wildman–Crippen MR) is 86.9 cm³/mol. The van der Waals surface area contributed by atoms with E-state index in [1.807, 2.05) is 0 Å². The van der Waals surface area contributed by atoms with E-state index in [9.17, 15) is 0 Å². The minimum atomic E-state index is 0.380. The Morgan fingerprint density at radius 3 is 2.50 bits per heavy atom. The molecule has 0 aromatic heterocycles. The maximum atomic E-state index is 6.15. The van der Waals surface area contributed by atoms with Crippen molar-refractivity contribution < 1.29 is 0 Å². The highest BCUT2D eigenvalue weighted by atomic mass is 15.2. The first kappa shape index (κ1) is 15.5. The molecule has 2 N–H and O–H groups in total. The summed E-state index contributed by atoms with van der Waals surface area (Å²) in [5, 5.41) is 0. The molecular weight excluding hydrogens is 244 g/mol. The molecule has 1 aromatic carbocycles. The normalized spacial score (nSPS) is 18.2. The molecule has 2 heteroatoms. The molecular formula is C18H30N2. The monoisotopic (exact) mass is 274 g/mol. The number of hydrogen-bond acceptors (Lipinski definition) is 2. The van der Waals surface area contributed by atoms with Crippen LogP contribution < -0.4 is 5.73 Å². The smallest absolute Gasteiger partial charge is 0.0473 e. The van der Waals surface area contributed by atoms with Gasteiger partial charge < -0.3 is 5.73 Å². The minimum absolute atomic E-state index is 0.380. The third-order valence-electron chi connectivity index (χ3n) is 4.69. The highest BCUT2D eigenvalue weighted by Gasteiger charge is 2.29. The van der Waals surface area contributed by atoms with Gasteiger partial charge in [0, 0.05) is 19.1 Å². The second-order valence-electron chi connectivity index (χ2n) is 6.26. The Kier molecular flexibility index (Phi) is 5.62. The van der Waals surface area contributed by atoms with E-state index >= 15 is 0 Å². The number of benzene rings is 1. The van der Waals surface area contributed by atoms with Crippen LogP contribution in [0.1, 0.15) is 63.1 Å². The molecule has 0 heterocycles. The van der Waals surface area contributed by atoms with Gasteiger partial charge in [0.05, 0.1) is 0 Å². The van der Waals surface area contributed by atoms with Gasteiger partial charge in [-0.25, -0.2) is 0 Å². The Hall–Kier alpha value is -0.860. The maximum absolute atomic E-state index is 6.15. The summed E-state index contributed by atoms with van der Waals surface area (Å²) in [6.45, 7) is 9.80. The van der Waals surface area contributed by atoms with Crippen molar-refractivity contribution >= 4 is 0 Å². The van der Waals surface area contributed by atoms with Crippen LogP contribution in [0.4, 0.5) is 0 Å². The number of rotatable bonds is 8. The molecule has 0 spiro atoms. The van der Waals surface area contributed by atoms with Crippen LogP contribution in [0.2, 0.25) is 0 Å². The van der Waals surface area contributed by atoms with Crippen LogP contribution in [-0.4, -0.2) is 24.5 Å². The molecule has 2 unspecified atom stereocenters. The van der Waals surface area contributed by atoms with E-state index in [4.69, 9.17) is 5.73 Å². The Labute approximate surface area is 124 Å². The first-order valence-electron chi connectivity index (χ1n) is 8.24. The fourth-order valence-corrected chi connectivity index (χ4v) is 3.06. The van der Waals surface area contributed by atoms with Gasteiger partial charge in [-0.3, -0.25) is 4.90 Å². The van der Waals surface area contributed by atoms with Crippen LogP contribution >= 0.6 is 0 Å². The highest BCUT2D eigenvalue weighted by Crippen LogP contribution is 2.43. The zero-order valence-corrected chi connectivity index (χ0v) is 13.3. The lowest BCUT2D eigenvalue weighted by Crippen LogP contribution is -2.37. The summed E-state index contributed by atoms with van der Waals surface area (Å²) in [7, 11) is 0. The molecule has 112 valence electrons. The molecule has 20 heavy (non-hydrogen) atoms. The van der Waals surface area contributed by atoms with E-state index in [1.165, 1.54) is 24.8 Å². The largest absolute Gasteiger partial charge is 0.329 e. The summed E-state index contributed by atoms with van der Waals surface area (Å²) in [5.74, 6) is 1.53. The summed E-state index contributed by atoms with van der Waals surface area (Å²) < 4.78 is 0. The van der Waals surface area contributed by atoms with E-state index in [1.54, 1.807) is 5.56 Å². The van der Waals surface area contributed by atoms with E-state index in [0.717, 1.165) is 24.9 Å². The summed E-state index contributed by atoms with van der Waals surface area (Å²) in [4.78, 5) is 2.56. The fraction of sp³-hybridized carbons (Fsp3) is 0.667. The molecule has 2 rings (SSSR count). The van der Waals surface area contributed by atoms with Gasteiger partial charge in [0.15, 0.2) is 0 Å². The summed E-state index contributed by atoms with van der Waals surface area (Å²) in [6, 6.07) is 9.33. The standard InChI is InChI=1S/C18H30N2/c1-4-14(3)13-20(5-2)18(12-19)17-9-7-6-8-16(17)15-10-11-15/h6-9,14-15,18H,4-5,10-13,19H2,1-3H3. The van der Waals surface area contributed by atoms with Gasteiger partial charge in [-0.15, -0.1) is 0 Å². The van der Waals surface area contributed by atoms with Crippen LogP contribution in [0.5, 0.6) is 0 Å². The van der Waals surface area contributed by atoms with Gasteiger partial charge >= 0.3 is 0 Å². The van der Waals surface area contributed by atoms with Crippen molar-refractivity contribution in [1.29, 1.82) is 0 Å². The lowest BCUT2D eigenvalue weighted by atomic mass is 9.95. The quantitative estimate of drug-likeness (QED) is 0.778. The molecule has 2 atom stereocenters. The van der Waals surface area contributed by atoms with Crippen LogP contribution in [0.3, 0.4) is 0 Å². The van der Waals surface area contributed by atoms with Crippen LogP contribution in [0.25, 0.3) is 0 Å². The first-order valence-corrected chi connectivity index (χ1v) is 8.24. The van der Waals surface area contributed by atoms with Gasteiger partial charge in [0.25, 0.3) is 0 Å². The van der Waals surface area contributed by atoms with E-state index in [0.29, 0.717) is 12.6 Å². The third kappa shape index (κ3) is 3.62. The fourth-order valence-electron chi connectivity index (χ4n) is 3.06. The summed E-state index contributed by atoms with van der Waals surface area (Å²) >= 11 is 0. The SMILES string of the molecule is CCC(C)CN(CC)C(CN)c1ccccc1C1CC1. The van der Waals surface area contributed by atoms with Crippen molar-refractivity contribution in [2.24, 2.45) is 11.7 Å². The highest BCUT2D eigenvalue weighted by molar-refractivity contribution is 5.35. The number of nitrogens with two attached hydrogens (primary N) is 1. The van der Waals surface area contributed by atoms with Crippen molar-refractivity contribution in [2.75, 3.05) is 19.6 Å². The number of hydrogen-bond donors (Lipinski definition) is 1. The van der Waals surface area contributed by atoms with Gasteiger partial charge in [0.1, 0.15) is 0 Å². The second kappa shape index (κ2) is 7.24. The lowest BCUT2D eigenvalue weighted by Gasteiger charge is -2.33. The summed E-state index contributed by atoms with van der Waals surface area (Å²) in [5.41, 5.74) is 9.17. The molecule has 1 fully saturated rings. The number of nitrogens with zero attached hydrogens (tertiary/aromatic N) is 1. The van der Waals surface area contributed by atoms with Crippen molar-refractivity contribution in [3.63, 3.8) is 0 Å². The van der Waals surface area contributed by atoms with Crippen molar-refractivity contribution in [3.05, 3.63) is 35.4 Å². The Bertz CT molecular complexity index is 412. The molecule has 2 nitrogen and oxygen atoms in total. The van der Waals surface area contributed by atoms with E-state index in [-0.39, 0.29) is 0 Å². The average Bonchev–Trinajstić information content (AvgIpc) is 3.31. The van der Waals surface area contributed by atoms with Gasteiger partial charge in [-0.2, -0.15) is 0 Å². The molecule has 1 aliphatic rings. The molecule has 1 aromatic rings. The Morgan fingerprint density at radius 2 is 1.95 bits per heavy atom. The van der Waals surface area contributed by atoms with Gasteiger partial charge in [0.2, 0.25) is 0 Å². The molecule has 0 saturated heterocycles. The second-order valence-corrected chi connectivity index (χ2v) is 6.26. The number of likely N-dealkylation sites (N-methyl/N-ethyl adjacent to an activating group) is 1. The molecule has 0 radical (unpaired) electrons. The predicted octanol–water partition coefficient (Wildman–Crippen LogP) is 3.93. The van der Waals surface area contributed by atoms with Crippen molar-refractivity contribution in [3.8, 4) is 0 Å². The molecule has 1 saturated carbocycles. The summed E-state index contributed by atoms with van der Waals surface area (Å²) in [6.07, 6.45) is 3.94. The van der Waals surface area contributed by atoms with Crippen LogP contribution in [0, 0.1) is 5.92 Å². The molecule has 0 amide bonds. The van der Waals surface area contributed by atoms with E-state index < -0.39 is 0 Å². The van der Waals surface area contributed by atoms with Crippen molar-refractivity contribution in [2.45, 2.75) is 52.0 Å². The zero-order valence-electron chi connectivity index (χ0n) is 13.3. The van der Waals surface area contributed by atoms with Crippen LogP contribution in [-0.2, 0) is 0 Å². The molecule has 1 aliphatic carbocycles. The Balaban J connectivity index is 2.21. The first-order chi connectivity index (χ1) is 9.71. The minimum Gasteiger partial charge on any atom is -0.329 e. The van der Waals surface area contributed by atoms with Crippen LogP contribution in [0.15, 0.2) is 24.3 Å².